The van der Waals surface area contributed by atoms with Crippen molar-refractivity contribution < 1.29 is 9.16 Å². The van der Waals surface area contributed by atoms with Gasteiger partial charge in [0.1, 0.15) is 0 Å². The van der Waals surface area contributed by atoms with Gasteiger partial charge < -0.3 is 14.9 Å². The molecular formula is C6H17NO2Si. The summed E-state index contributed by atoms with van der Waals surface area (Å²) in [6.45, 7) is 3.35. The second-order valence-corrected chi connectivity index (χ2v) is 3.66. The van der Waals surface area contributed by atoms with Gasteiger partial charge in [-0.15, -0.1) is 0 Å². The molecule has 62 valence electrons. The smallest absolute Gasteiger partial charge is 0.163 e. The predicted molar refractivity (Wildman–Crippen MR) is 44.8 cm³/mol. The lowest BCUT2D eigenvalue weighted by Gasteiger charge is -2.12. The number of ether oxygens (including phenoxy) is 1. The van der Waals surface area contributed by atoms with Crippen molar-refractivity contribution in [1.29, 1.82) is 0 Å². The van der Waals surface area contributed by atoms with E-state index in [1.54, 1.807) is 7.11 Å². The Morgan fingerprint density at radius 1 is 1.60 bits per heavy atom. The van der Waals surface area contributed by atoms with Crippen LogP contribution in [0.25, 0.3) is 0 Å². The average Bonchev–Trinajstić information content (AvgIpc) is 1.98. The Morgan fingerprint density at radius 2 is 2.30 bits per heavy atom. The Labute approximate surface area is 64.8 Å². The molecule has 0 aliphatic heterocycles. The van der Waals surface area contributed by atoms with Crippen molar-refractivity contribution in [1.82, 2.24) is 0 Å². The van der Waals surface area contributed by atoms with Crippen LogP contribution in [0.15, 0.2) is 0 Å². The van der Waals surface area contributed by atoms with Gasteiger partial charge in [0.25, 0.3) is 0 Å². The fourth-order valence-electron chi connectivity index (χ4n) is 0.754. The van der Waals surface area contributed by atoms with Gasteiger partial charge in [0.15, 0.2) is 9.76 Å². The first kappa shape index (κ1) is 10.1. The largest absolute Gasteiger partial charge is 0.427 e. The van der Waals surface area contributed by atoms with Crippen LogP contribution in [-0.2, 0) is 9.16 Å². The molecule has 0 rings (SSSR count). The Morgan fingerprint density at radius 3 is 2.70 bits per heavy atom. The summed E-state index contributed by atoms with van der Waals surface area (Å²) in [5, 5.41) is 0. The third-order valence-electron chi connectivity index (χ3n) is 1.31. The van der Waals surface area contributed by atoms with Crippen LogP contribution in [0.2, 0.25) is 6.04 Å². The van der Waals surface area contributed by atoms with E-state index in [1.165, 1.54) is 0 Å². The molecule has 0 bridgehead atoms. The lowest BCUT2D eigenvalue weighted by Crippen LogP contribution is -2.25. The zero-order valence-corrected chi connectivity index (χ0v) is 8.21. The molecule has 3 nitrogen and oxygen atoms in total. The van der Waals surface area contributed by atoms with Crippen LogP contribution in [0.3, 0.4) is 0 Å². The van der Waals surface area contributed by atoms with E-state index in [1.807, 2.05) is 6.92 Å². The first-order valence-corrected chi connectivity index (χ1v) is 5.23. The molecule has 0 aromatic heterocycles. The van der Waals surface area contributed by atoms with Crippen molar-refractivity contribution in [3.8, 4) is 0 Å². The SMILES string of the molecule is CCOC(CN)C[SiH2]OC. The van der Waals surface area contributed by atoms with Gasteiger partial charge in [0.2, 0.25) is 0 Å². The molecular weight excluding hydrogens is 146 g/mol. The van der Waals surface area contributed by atoms with Crippen molar-refractivity contribution in [3.05, 3.63) is 0 Å². The third kappa shape index (κ3) is 4.93. The third-order valence-corrected chi connectivity index (χ3v) is 2.60. The fraction of sp³-hybridized carbons (Fsp3) is 1.00. The van der Waals surface area contributed by atoms with Crippen LogP contribution in [0.5, 0.6) is 0 Å². The van der Waals surface area contributed by atoms with E-state index in [4.69, 9.17) is 14.9 Å². The highest BCUT2D eigenvalue weighted by Crippen LogP contribution is 1.95. The van der Waals surface area contributed by atoms with Crippen LogP contribution in [-0.4, -0.2) is 36.1 Å². The van der Waals surface area contributed by atoms with E-state index in [2.05, 4.69) is 0 Å². The second kappa shape index (κ2) is 7.21. The number of rotatable bonds is 6. The van der Waals surface area contributed by atoms with Crippen molar-refractivity contribution in [2.45, 2.75) is 19.1 Å². The lowest BCUT2D eigenvalue weighted by atomic mass is 10.4. The van der Waals surface area contributed by atoms with Gasteiger partial charge in [-0.2, -0.15) is 0 Å². The number of hydrogen-bond donors (Lipinski definition) is 1. The zero-order chi connectivity index (χ0) is 7.82. The minimum atomic E-state index is -0.362. The normalized spacial score (nSPS) is 14.7. The van der Waals surface area contributed by atoms with Crippen LogP contribution >= 0.6 is 0 Å². The topological polar surface area (TPSA) is 44.5 Å². The Kier molecular flexibility index (Phi) is 7.28. The minimum absolute atomic E-state index is 0.233. The van der Waals surface area contributed by atoms with Crippen molar-refractivity contribution in [2.24, 2.45) is 5.73 Å². The van der Waals surface area contributed by atoms with Crippen molar-refractivity contribution in [3.63, 3.8) is 0 Å². The van der Waals surface area contributed by atoms with Crippen molar-refractivity contribution >= 4 is 9.76 Å². The molecule has 0 aromatic carbocycles. The maximum atomic E-state index is 5.44. The van der Waals surface area contributed by atoms with Gasteiger partial charge in [-0.05, 0) is 13.0 Å². The molecule has 1 unspecified atom stereocenters. The molecule has 0 aliphatic carbocycles. The van der Waals surface area contributed by atoms with Crippen molar-refractivity contribution in [2.75, 3.05) is 20.3 Å². The molecule has 0 heterocycles. The number of nitrogens with two attached hydrogens (primary N) is 1. The number of hydrogen-bond acceptors (Lipinski definition) is 3. The molecule has 0 radical (unpaired) electrons. The zero-order valence-electron chi connectivity index (χ0n) is 6.80. The summed E-state index contributed by atoms with van der Waals surface area (Å²) in [6.07, 6.45) is 0.233. The quantitative estimate of drug-likeness (QED) is 0.537. The van der Waals surface area contributed by atoms with E-state index in [-0.39, 0.29) is 15.9 Å². The Balaban J connectivity index is 3.21. The molecule has 0 aliphatic rings. The molecule has 0 saturated heterocycles. The minimum Gasteiger partial charge on any atom is -0.427 e. The second-order valence-electron chi connectivity index (χ2n) is 2.09. The summed E-state index contributed by atoms with van der Waals surface area (Å²) in [5.74, 6) is 0. The average molecular weight is 163 g/mol. The van der Waals surface area contributed by atoms with Crippen LogP contribution in [0.1, 0.15) is 6.92 Å². The first-order chi connectivity index (χ1) is 4.85. The summed E-state index contributed by atoms with van der Waals surface area (Å²) in [4.78, 5) is 0. The molecule has 10 heavy (non-hydrogen) atoms. The van der Waals surface area contributed by atoms with Gasteiger partial charge in [-0.3, -0.25) is 0 Å². The van der Waals surface area contributed by atoms with Crippen LogP contribution in [0, 0.1) is 0 Å². The summed E-state index contributed by atoms with van der Waals surface area (Å²) >= 11 is 0. The highest BCUT2D eigenvalue weighted by Gasteiger charge is 2.04. The van der Waals surface area contributed by atoms with Gasteiger partial charge in [0, 0.05) is 20.3 Å². The predicted octanol–water partition coefficient (Wildman–Crippen LogP) is -0.501. The molecule has 0 spiro atoms. The lowest BCUT2D eigenvalue weighted by molar-refractivity contribution is 0.0808. The monoisotopic (exact) mass is 163 g/mol. The fourth-order valence-corrected chi connectivity index (χ4v) is 1.66. The van der Waals surface area contributed by atoms with E-state index < -0.39 is 0 Å². The van der Waals surface area contributed by atoms with E-state index in [9.17, 15) is 0 Å². The molecule has 2 N–H and O–H groups in total. The highest BCUT2D eigenvalue weighted by molar-refractivity contribution is 6.27. The molecule has 0 aromatic rings. The summed E-state index contributed by atoms with van der Waals surface area (Å²) in [7, 11) is 1.38. The highest BCUT2D eigenvalue weighted by atomic mass is 28.2. The molecule has 1 atom stereocenters. The van der Waals surface area contributed by atoms with Gasteiger partial charge in [0.05, 0.1) is 6.10 Å². The van der Waals surface area contributed by atoms with E-state index in [0.717, 1.165) is 12.7 Å². The van der Waals surface area contributed by atoms with Gasteiger partial charge >= 0.3 is 0 Å². The van der Waals surface area contributed by atoms with Crippen LogP contribution < -0.4 is 5.73 Å². The Bertz CT molecular complexity index is 72.8. The Hall–Kier alpha value is 0.0969. The van der Waals surface area contributed by atoms with Gasteiger partial charge in [-0.1, -0.05) is 0 Å². The summed E-state index contributed by atoms with van der Waals surface area (Å²) < 4.78 is 10.3. The standard InChI is InChI=1S/C6H17NO2Si/c1-3-9-6(4-7)5-10-8-2/h6H,3-5,7,10H2,1-2H3. The maximum Gasteiger partial charge on any atom is 0.163 e. The molecule has 0 saturated carbocycles. The van der Waals surface area contributed by atoms with E-state index in [0.29, 0.717) is 6.54 Å². The van der Waals surface area contributed by atoms with E-state index >= 15 is 0 Å². The van der Waals surface area contributed by atoms with Crippen LogP contribution in [0.4, 0.5) is 0 Å². The maximum absolute atomic E-state index is 5.44. The van der Waals surface area contributed by atoms with Gasteiger partial charge in [-0.25, -0.2) is 0 Å². The molecule has 0 amide bonds. The first-order valence-electron chi connectivity index (χ1n) is 3.65. The molecule has 4 heteroatoms. The summed E-state index contributed by atoms with van der Waals surface area (Å²) in [6, 6.07) is 1.03. The summed E-state index contributed by atoms with van der Waals surface area (Å²) in [5.41, 5.74) is 5.44. The molecule has 0 fully saturated rings.